The largest absolute Gasteiger partial charge is 0.323 e. The second-order valence-corrected chi connectivity index (χ2v) is 6.40. The van der Waals surface area contributed by atoms with Crippen molar-refractivity contribution in [3.63, 3.8) is 0 Å². The highest BCUT2D eigenvalue weighted by atomic mass is 19.2. The Balaban J connectivity index is 1.73. The standard InChI is InChI=1S/C16H19F2N3O2/c1-16(14(22)19-15(23)20-16)11-5-3-7-21(9-11)8-10-4-2-6-12(17)13(10)18/h2,4,6,11H,3,5,7-9H2,1H3,(H2,19,20,22,23)/t11-,16-/m0/s1. The van der Waals surface area contributed by atoms with Crippen molar-refractivity contribution in [3.05, 3.63) is 35.4 Å². The van der Waals surface area contributed by atoms with Crippen LogP contribution in [0.15, 0.2) is 18.2 Å². The second kappa shape index (κ2) is 5.88. The van der Waals surface area contributed by atoms with Gasteiger partial charge in [-0.05, 0) is 32.4 Å². The van der Waals surface area contributed by atoms with Crippen molar-refractivity contribution < 1.29 is 18.4 Å². The van der Waals surface area contributed by atoms with Crippen LogP contribution < -0.4 is 10.6 Å². The predicted molar refractivity (Wildman–Crippen MR) is 79.4 cm³/mol. The molecule has 3 amide bonds. The molecule has 1 aromatic rings. The van der Waals surface area contributed by atoms with Crippen LogP contribution in [0.25, 0.3) is 0 Å². The van der Waals surface area contributed by atoms with E-state index in [1.165, 1.54) is 6.07 Å². The number of rotatable bonds is 3. The summed E-state index contributed by atoms with van der Waals surface area (Å²) in [5.74, 6) is -2.08. The van der Waals surface area contributed by atoms with Crippen molar-refractivity contribution in [1.29, 1.82) is 0 Å². The zero-order valence-corrected chi connectivity index (χ0v) is 12.9. The predicted octanol–water partition coefficient (Wildman–Crippen LogP) is 1.77. The molecular formula is C16H19F2N3O2. The lowest BCUT2D eigenvalue weighted by atomic mass is 9.80. The van der Waals surface area contributed by atoms with E-state index in [1.807, 2.05) is 4.90 Å². The zero-order valence-electron chi connectivity index (χ0n) is 12.9. The van der Waals surface area contributed by atoms with E-state index in [0.29, 0.717) is 12.1 Å². The average molecular weight is 323 g/mol. The van der Waals surface area contributed by atoms with Crippen LogP contribution in [0.2, 0.25) is 0 Å². The molecule has 1 aromatic carbocycles. The number of urea groups is 1. The van der Waals surface area contributed by atoms with Crippen molar-refractivity contribution in [3.8, 4) is 0 Å². The molecule has 3 rings (SSSR count). The van der Waals surface area contributed by atoms with E-state index in [4.69, 9.17) is 0 Å². The van der Waals surface area contributed by atoms with Gasteiger partial charge in [0.25, 0.3) is 5.91 Å². The molecule has 0 aliphatic carbocycles. The normalized spacial score (nSPS) is 28.6. The Hall–Kier alpha value is -2.02. The lowest BCUT2D eigenvalue weighted by molar-refractivity contribution is -0.126. The number of imide groups is 1. The van der Waals surface area contributed by atoms with Crippen LogP contribution >= 0.6 is 0 Å². The molecule has 2 aliphatic rings. The van der Waals surface area contributed by atoms with Crippen molar-refractivity contribution in [2.45, 2.75) is 31.8 Å². The summed E-state index contributed by atoms with van der Waals surface area (Å²) in [6.07, 6.45) is 1.63. The minimum atomic E-state index is -0.948. The Morgan fingerprint density at radius 1 is 1.35 bits per heavy atom. The van der Waals surface area contributed by atoms with Crippen molar-refractivity contribution in [2.75, 3.05) is 13.1 Å². The molecule has 124 valence electrons. The first-order chi connectivity index (χ1) is 10.9. The second-order valence-electron chi connectivity index (χ2n) is 6.40. The molecule has 0 spiro atoms. The summed E-state index contributed by atoms with van der Waals surface area (Å²) in [5, 5.41) is 4.96. The number of halogens is 2. The van der Waals surface area contributed by atoms with Gasteiger partial charge in [0.15, 0.2) is 11.6 Å². The lowest BCUT2D eigenvalue weighted by Crippen LogP contribution is -2.55. The van der Waals surface area contributed by atoms with E-state index in [9.17, 15) is 18.4 Å². The molecule has 2 saturated heterocycles. The average Bonchev–Trinajstić information content (AvgIpc) is 2.78. The van der Waals surface area contributed by atoms with Crippen molar-refractivity contribution in [2.24, 2.45) is 5.92 Å². The van der Waals surface area contributed by atoms with Crippen LogP contribution in [-0.2, 0) is 11.3 Å². The molecule has 0 unspecified atom stereocenters. The van der Waals surface area contributed by atoms with Crippen LogP contribution in [0.3, 0.4) is 0 Å². The molecule has 5 nitrogen and oxygen atoms in total. The Morgan fingerprint density at radius 2 is 2.13 bits per heavy atom. The van der Waals surface area contributed by atoms with Gasteiger partial charge in [0, 0.05) is 24.6 Å². The van der Waals surface area contributed by atoms with Crippen LogP contribution in [0, 0.1) is 17.6 Å². The Labute approximate surface area is 133 Å². The molecule has 2 N–H and O–H groups in total. The molecule has 0 saturated carbocycles. The van der Waals surface area contributed by atoms with Gasteiger partial charge in [-0.2, -0.15) is 0 Å². The summed E-state index contributed by atoms with van der Waals surface area (Å²) >= 11 is 0. The minimum Gasteiger partial charge on any atom is -0.323 e. The van der Waals surface area contributed by atoms with Gasteiger partial charge >= 0.3 is 6.03 Å². The first-order valence-electron chi connectivity index (χ1n) is 7.69. The van der Waals surface area contributed by atoms with E-state index in [0.717, 1.165) is 25.5 Å². The number of hydrogen-bond donors (Lipinski definition) is 2. The summed E-state index contributed by atoms with van der Waals surface area (Å²) in [5.41, 5.74) is -0.647. The quantitative estimate of drug-likeness (QED) is 0.834. The maximum Gasteiger partial charge on any atom is 0.322 e. The number of hydrogen-bond acceptors (Lipinski definition) is 3. The molecule has 0 aromatic heterocycles. The van der Waals surface area contributed by atoms with Crippen LogP contribution in [0.1, 0.15) is 25.3 Å². The fourth-order valence-electron chi connectivity index (χ4n) is 3.43. The van der Waals surface area contributed by atoms with Crippen molar-refractivity contribution in [1.82, 2.24) is 15.5 Å². The summed E-state index contributed by atoms with van der Waals surface area (Å²) in [6.45, 7) is 3.29. The third-order valence-electron chi connectivity index (χ3n) is 4.82. The van der Waals surface area contributed by atoms with Gasteiger partial charge in [-0.3, -0.25) is 15.0 Å². The summed E-state index contributed by atoms with van der Waals surface area (Å²) in [6, 6.07) is 3.66. The maximum absolute atomic E-state index is 13.8. The molecule has 7 heteroatoms. The van der Waals surface area contributed by atoms with Crippen molar-refractivity contribution >= 4 is 11.9 Å². The summed E-state index contributed by atoms with van der Waals surface area (Å²) < 4.78 is 27.1. The Kier molecular flexibility index (Phi) is 4.06. The monoisotopic (exact) mass is 323 g/mol. The highest BCUT2D eigenvalue weighted by Gasteiger charge is 2.48. The highest BCUT2D eigenvalue weighted by molar-refractivity contribution is 6.06. The number of benzene rings is 1. The first kappa shape index (κ1) is 15.9. The fourth-order valence-corrected chi connectivity index (χ4v) is 3.43. The Morgan fingerprint density at radius 3 is 2.83 bits per heavy atom. The van der Waals surface area contributed by atoms with E-state index in [-0.39, 0.29) is 18.4 Å². The Bertz CT molecular complexity index is 652. The number of likely N-dealkylation sites (tertiary alicyclic amines) is 1. The van der Waals surface area contributed by atoms with Gasteiger partial charge in [0.1, 0.15) is 5.54 Å². The zero-order chi connectivity index (χ0) is 16.6. The van der Waals surface area contributed by atoms with Crippen LogP contribution in [0.4, 0.5) is 13.6 Å². The molecule has 2 aliphatic heterocycles. The van der Waals surface area contributed by atoms with Crippen LogP contribution in [-0.4, -0.2) is 35.5 Å². The van der Waals surface area contributed by atoms with Gasteiger partial charge in [-0.25, -0.2) is 13.6 Å². The number of amides is 3. The summed E-state index contributed by atoms with van der Waals surface area (Å²) in [4.78, 5) is 25.5. The van der Waals surface area contributed by atoms with E-state index in [1.54, 1.807) is 13.0 Å². The fraction of sp³-hybridized carbons (Fsp3) is 0.500. The van der Waals surface area contributed by atoms with Gasteiger partial charge in [-0.1, -0.05) is 12.1 Å². The summed E-state index contributed by atoms with van der Waals surface area (Å²) in [7, 11) is 0. The minimum absolute atomic E-state index is 0.0701. The smallest absolute Gasteiger partial charge is 0.322 e. The molecule has 0 radical (unpaired) electrons. The third kappa shape index (κ3) is 2.93. The molecule has 2 atom stereocenters. The number of carbonyl (C=O) groups is 2. The molecule has 2 fully saturated rings. The van der Waals surface area contributed by atoms with Gasteiger partial charge in [-0.15, -0.1) is 0 Å². The number of nitrogens with zero attached hydrogens (tertiary/aromatic N) is 1. The lowest BCUT2D eigenvalue weighted by Gasteiger charge is -2.39. The van der Waals surface area contributed by atoms with Crippen LogP contribution in [0.5, 0.6) is 0 Å². The highest BCUT2D eigenvalue weighted by Crippen LogP contribution is 2.30. The third-order valence-corrected chi connectivity index (χ3v) is 4.82. The number of nitrogens with one attached hydrogen (secondary N) is 2. The molecule has 0 bridgehead atoms. The first-order valence-corrected chi connectivity index (χ1v) is 7.69. The van der Waals surface area contributed by atoms with E-state index in [2.05, 4.69) is 10.6 Å². The molecular weight excluding hydrogens is 304 g/mol. The topological polar surface area (TPSA) is 61.4 Å². The molecule has 2 heterocycles. The molecule has 23 heavy (non-hydrogen) atoms. The SMILES string of the molecule is C[C@@]1([C@H]2CCCN(Cc3cccc(F)c3F)C2)NC(=O)NC1=O. The van der Waals surface area contributed by atoms with Gasteiger partial charge in [0.05, 0.1) is 0 Å². The number of piperidine rings is 1. The van der Waals surface area contributed by atoms with Gasteiger partial charge < -0.3 is 5.32 Å². The maximum atomic E-state index is 13.8. The van der Waals surface area contributed by atoms with E-state index >= 15 is 0 Å². The van der Waals surface area contributed by atoms with Gasteiger partial charge in [0.2, 0.25) is 0 Å². The number of carbonyl (C=O) groups excluding carboxylic acids is 2. The van der Waals surface area contributed by atoms with E-state index < -0.39 is 23.2 Å².